The average Bonchev–Trinajstić information content (AvgIpc) is 2.76. The Morgan fingerprint density at radius 3 is 2.78 bits per heavy atom. The van der Waals surface area contributed by atoms with Gasteiger partial charge in [-0.3, -0.25) is 4.68 Å². The number of benzene rings is 1. The molecule has 0 amide bonds. The highest BCUT2D eigenvalue weighted by atomic mass is 35.5. The number of hydrogen-bond donors (Lipinski definition) is 1. The van der Waals surface area contributed by atoms with Gasteiger partial charge in [-0.25, -0.2) is 0 Å². The fourth-order valence-electron chi connectivity index (χ4n) is 1.50. The Morgan fingerprint density at radius 2 is 2.22 bits per heavy atom. The summed E-state index contributed by atoms with van der Waals surface area (Å²) >= 11 is 6.17. The van der Waals surface area contributed by atoms with Crippen LogP contribution in [0, 0.1) is 0 Å². The molecule has 1 N–H and O–H groups in total. The minimum Gasteiger partial charge on any atom is -0.422 e. The summed E-state index contributed by atoms with van der Waals surface area (Å²) in [5.41, 5.74) is 1.10. The summed E-state index contributed by atoms with van der Waals surface area (Å²) in [6, 6.07) is 6.19. The maximum absolute atomic E-state index is 6.17. The van der Waals surface area contributed by atoms with Crippen LogP contribution in [0.1, 0.15) is 18.5 Å². The number of ether oxygens (including phenoxy) is 1. The van der Waals surface area contributed by atoms with E-state index in [-0.39, 0.29) is 12.1 Å². The molecule has 0 bridgehead atoms. The van der Waals surface area contributed by atoms with Crippen LogP contribution >= 0.6 is 11.6 Å². The molecule has 0 fully saturated rings. The van der Waals surface area contributed by atoms with Gasteiger partial charge >= 0.3 is 6.01 Å². The van der Waals surface area contributed by atoms with Crippen LogP contribution in [-0.4, -0.2) is 21.8 Å². The summed E-state index contributed by atoms with van der Waals surface area (Å²) < 4.78 is 7.07. The summed E-state index contributed by atoms with van der Waals surface area (Å²) in [5, 5.41) is 7.73. The lowest BCUT2D eigenvalue weighted by molar-refractivity contribution is 0.439. The van der Waals surface area contributed by atoms with Crippen molar-refractivity contribution < 1.29 is 4.74 Å². The van der Waals surface area contributed by atoms with Crippen molar-refractivity contribution in [1.82, 2.24) is 20.1 Å². The number of halogens is 1. The molecule has 5 nitrogen and oxygen atoms in total. The van der Waals surface area contributed by atoms with E-state index in [1.54, 1.807) is 18.1 Å². The van der Waals surface area contributed by atoms with E-state index in [2.05, 4.69) is 22.3 Å². The second-order valence-corrected chi connectivity index (χ2v) is 4.41. The van der Waals surface area contributed by atoms with Gasteiger partial charge in [0.25, 0.3) is 0 Å². The van der Waals surface area contributed by atoms with Crippen molar-refractivity contribution in [3.8, 4) is 11.8 Å². The van der Waals surface area contributed by atoms with Gasteiger partial charge in [-0.05, 0) is 31.7 Å². The molecule has 1 unspecified atom stereocenters. The van der Waals surface area contributed by atoms with Crippen molar-refractivity contribution in [3.05, 3.63) is 35.1 Å². The Kier molecular flexibility index (Phi) is 3.84. The molecule has 0 aliphatic heterocycles. The molecule has 18 heavy (non-hydrogen) atoms. The molecule has 96 valence electrons. The topological polar surface area (TPSA) is 52.0 Å². The van der Waals surface area contributed by atoms with Crippen LogP contribution in [0.3, 0.4) is 0 Å². The van der Waals surface area contributed by atoms with E-state index in [9.17, 15) is 0 Å². The zero-order valence-corrected chi connectivity index (χ0v) is 11.3. The Morgan fingerprint density at radius 1 is 1.44 bits per heavy atom. The van der Waals surface area contributed by atoms with Crippen LogP contribution in [0.4, 0.5) is 0 Å². The lowest BCUT2D eigenvalue weighted by Gasteiger charge is -2.12. The molecular formula is C12H15ClN4O. The summed E-state index contributed by atoms with van der Waals surface area (Å²) in [6.07, 6.45) is 1.57. The van der Waals surface area contributed by atoms with Gasteiger partial charge in [0.2, 0.25) is 0 Å². The largest absolute Gasteiger partial charge is 0.422 e. The van der Waals surface area contributed by atoms with Crippen LogP contribution < -0.4 is 10.1 Å². The maximum Gasteiger partial charge on any atom is 0.341 e. The Labute approximate surface area is 111 Å². The minimum absolute atomic E-state index is 0.240. The molecule has 0 radical (unpaired) electrons. The fraction of sp³-hybridized carbons (Fsp3) is 0.333. The van der Waals surface area contributed by atoms with Gasteiger partial charge in [-0.1, -0.05) is 17.7 Å². The zero-order chi connectivity index (χ0) is 13.1. The van der Waals surface area contributed by atoms with Crippen molar-refractivity contribution >= 4 is 11.6 Å². The molecular weight excluding hydrogens is 252 g/mol. The SMILES string of the molecule is CNC(C)c1ccc(Oc2ncn(C)n2)c(Cl)c1. The smallest absolute Gasteiger partial charge is 0.341 e. The molecule has 0 aliphatic rings. The van der Waals surface area contributed by atoms with Gasteiger partial charge in [-0.15, -0.1) is 5.10 Å². The second kappa shape index (κ2) is 5.37. The van der Waals surface area contributed by atoms with E-state index < -0.39 is 0 Å². The Balaban J connectivity index is 2.19. The predicted molar refractivity (Wildman–Crippen MR) is 70.0 cm³/mol. The van der Waals surface area contributed by atoms with Gasteiger partial charge in [-0.2, -0.15) is 4.98 Å². The normalized spacial score (nSPS) is 12.4. The molecule has 0 aliphatic carbocycles. The number of hydrogen-bond acceptors (Lipinski definition) is 4. The lowest BCUT2D eigenvalue weighted by Crippen LogP contribution is -2.12. The third kappa shape index (κ3) is 2.80. The Bertz CT molecular complexity index is 541. The van der Waals surface area contributed by atoms with E-state index in [1.165, 1.54) is 0 Å². The molecule has 6 heteroatoms. The predicted octanol–water partition coefficient (Wildman–Crippen LogP) is 2.54. The summed E-state index contributed by atoms with van der Waals surface area (Å²) in [6.45, 7) is 2.06. The van der Waals surface area contributed by atoms with Gasteiger partial charge in [0.1, 0.15) is 12.1 Å². The maximum atomic E-state index is 6.17. The van der Waals surface area contributed by atoms with Crippen LogP contribution in [0.25, 0.3) is 0 Å². The van der Waals surface area contributed by atoms with Crippen molar-refractivity contribution in [2.75, 3.05) is 7.05 Å². The first kappa shape index (κ1) is 12.9. The number of nitrogens with zero attached hydrogens (tertiary/aromatic N) is 3. The summed E-state index contributed by atoms with van der Waals surface area (Å²) in [7, 11) is 3.68. The first-order valence-electron chi connectivity index (χ1n) is 5.60. The number of rotatable bonds is 4. The van der Waals surface area contributed by atoms with Crippen molar-refractivity contribution in [1.29, 1.82) is 0 Å². The van der Waals surface area contributed by atoms with Crippen LogP contribution in [-0.2, 0) is 7.05 Å². The highest BCUT2D eigenvalue weighted by Gasteiger charge is 2.09. The van der Waals surface area contributed by atoms with Crippen molar-refractivity contribution in [2.45, 2.75) is 13.0 Å². The molecule has 0 saturated heterocycles. The highest BCUT2D eigenvalue weighted by molar-refractivity contribution is 6.32. The van der Waals surface area contributed by atoms with Crippen LogP contribution in [0.5, 0.6) is 11.8 Å². The third-order valence-corrected chi connectivity index (χ3v) is 2.96. The zero-order valence-electron chi connectivity index (χ0n) is 10.5. The molecule has 2 rings (SSSR count). The number of nitrogens with one attached hydrogen (secondary N) is 1. The standard InChI is InChI=1S/C12H15ClN4O/c1-8(14-2)9-4-5-11(10(13)6-9)18-12-15-7-17(3)16-12/h4-8,14H,1-3H3. The van der Waals surface area contributed by atoms with Crippen LogP contribution in [0.2, 0.25) is 5.02 Å². The minimum atomic E-state index is 0.240. The monoisotopic (exact) mass is 266 g/mol. The average molecular weight is 267 g/mol. The van der Waals surface area contributed by atoms with E-state index in [0.717, 1.165) is 5.56 Å². The molecule has 1 aromatic heterocycles. The quantitative estimate of drug-likeness (QED) is 0.924. The molecule has 0 saturated carbocycles. The first-order chi connectivity index (χ1) is 8.60. The van der Waals surface area contributed by atoms with E-state index >= 15 is 0 Å². The Hall–Kier alpha value is -1.59. The van der Waals surface area contributed by atoms with E-state index in [0.29, 0.717) is 10.8 Å². The molecule has 1 atom stereocenters. The molecule has 2 aromatic rings. The number of aromatic nitrogens is 3. The van der Waals surface area contributed by atoms with E-state index in [1.807, 2.05) is 25.2 Å². The van der Waals surface area contributed by atoms with E-state index in [4.69, 9.17) is 16.3 Å². The molecule has 1 aromatic carbocycles. The first-order valence-corrected chi connectivity index (χ1v) is 5.98. The highest BCUT2D eigenvalue weighted by Crippen LogP contribution is 2.30. The summed E-state index contributed by atoms with van der Waals surface area (Å²) in [4.78, 5) is 3.98. The molecule has 1 heterocycles. The number of aryl methyl sites for hydroxylation is 1. The third-order valence-electron chi connectivity index (χ3n) is 2.67. The van der Waals surface area contributed by atoms with Gasteiger partial charge in [0, 0.05) is 13.1 Å². The van der Waals surface area contributed by atoms with Gasteiger partial charge in [0.15, 0.2) is 0 Å². The fourth-order valence-corrected chi connectivity index (χ4v) is 1.73. The van der Waals surface area contributed by atoms with Gasteiger partial charge < -0.3 is 10.1 Å². The molecule has 0 spiro atoms. The lowest BCUT2D eigenvalue weighted by atomic mass is 10.1. The van der Waals surface area contributed by atoms with Crippen molar-refractivity contribution in [3.63, 3.8) is 0 Å². The van der Waals surface area contributed by atoms with Crippen LogP contribution in [0.15, 0.2) is 24.5 Å². The second-order valence-electron chi connectivity index (χ2n) is 4.00. The van der Waals surface area contributed by atoms with Gasteiger partial charge in [0.05, 0.1) is 5.02 Å². The van der Waals surface area contributed by atoms with Crippen molar-refractivity contribution in [2.24, 2.45) is 7.05 Å². The summed E-state index contributed by atoms with van der Waals surface area (Å²) in [5.74, 6) is 0.551.